The number of nitriles is 1. The summed E-state index contributed by atoms with van der Waals surface area (Å²) in [6.07, 6.45) is 3.06. The molecule has 3 aromatic heterocycles. The predicted molar refractivity (Wildman–Crippen MR) is 95.8 cm³/mol. The molecule has 0 unspecified atom stereocenters. The first-order chi connectivity index (χ1) is 12.7. The smallest absolute Gasteiger partial charge is 0.274 e. The summed E-state index contributed by atoms with van der Waals surface area (Å²) in [4.78, 5) is 12.6. The van der Waals surface area contributed by atoms with Crippen LogP contribution in [0.4, 0.5) is 11.5 Å². The van der Waals surface area contributed by atoms with Gasteiger partial charge in [-0.25, -0.2) is 9.20 Å². The lowest BCUT2D eigenvalue weighted by Gasteiger charge is -2.03. The molecule has 4 rings (SSSR count). The van der Waals surface area contributed by atoms with Crippen molar-refractivity contribution in [2.45, 2.75) is 0 Å². The summed E-state index contributed by atoms with van der Waals surface area (Å²) in [6.45, 7) is 0. The number of rotatable bonds is 3. The van der Waals surface area contributed by atoms with Gasteiger partial charge in [0.2, 0.25) is 0 Å². The van der Waals surface area contributed by atoms with Crippen LogP contribution in [0.2, 0.25) is 0 Å². The minimum absolute atomic E-state index is 0.211. The van der Waals surface area contributed by atoms with E-state index in [1.54, 1.807) is 29.1 Å². The molecular formula is C18H13N7O. The van der Waals surface area contributed by atoms with E-state index in [4.69, 9.17) is 11.0 Å². The highest BCUT2D eigenvalue weighted by molar-refractivity contribution is 6.05. The molecule has 0 saturated carbocycles. The van der Waals surface area contributed by atoms with Crippen LogP contribution in [0.5, 0.6) is 0 Å². The summed E-state index contributed by atoms with van der Waals surface area (Å²) in [5.41, 5.74) is 8.57. The first-order valence-corrected chi connectivity index (χ1v) is 7.75. The Balaban J connectivity index is 1.63. The lowest BCUT2D eigenvalue weighted by molar-refractivity contribution is 0.102. The van der Waals surface area contributed by atoms with Gasteiger partial charge in [-0.3, -0.25) is 4.79 Å². The van der Waals surface area contributed by atoms with E-state index >= 15 is 0 Å². The molecule has 0 aliphatic heterocycles. The molecule has 0 atom stereocenters. The average Bonchev–Trinajstić information content (AvgIpc) is 3.25. The van der Waals surface area contributed by atoms with Crippen LogP contribution in [0.15, 0.2) is 60.9 Å². The van der Waals surface area contributed by atoms with Gasteiger partial charge in [0.25, 0.3) is 5.91 Å². The Morgan fingerprint density at radius 3 is 2.77 bits per heavy atom. The second-order valence-corrected chi connectivity index (χ2v) is 5.57. The molecule has 0 spiro atoms. The Labute approximate surface area is 148 Å². The van der Waals surface area contributed by atoms with Gasteiger partial charge in [-0.15, -0.1) is 5.10 Å². The zero-order chi connectivity index (χ0) is 18.1. The SMILES string of the molecule is N#Cc1cnn2c(C(=O)Nc3cn(-c4ccccc4)nc3N)ccc2c1. The van der Waals surface area contributed by atoms with Crippen molar-refractivity contribution in [2.24, 2.45) is 0 Å². The maximum absolute atomic E-state index is 12.6. The number of anilines is 2. The van der Waals surface area contributed by atoms with E-state index in [1.807, 2.05) is 36.4 Å². The van der Waals surface area contributed by atoms with E-state index in [0.29, 0.717) is 22.5 Å². The maximum Gasteiger partial charge on any atom is 0.274 e. The summed E-state index contributed by atoms with van der Waals surface area (Å²) in [6, 6.07) is 16.5. The fourth-order valence-electron chi connectivity index (χ4n) is 2.62. The van der Waals surface area contributed by atoms with Crippen LogP contribution in [-0.2, 0) is 0 Å². The molecule has 26 heavy (non-hydrogen) atoms. The Bertz CT molecular complexity index is 1150. The van der Waals surface area contributed by atoms with E-state index in [1.165, 1.54) is 10.7 Å². The molecule has 8 heteroatoms. The first-order valence-electron chi connectivity index (χ1n) is 7.75. The fourth-order valence-corrected chi connectivity index (χ4v) is 2.62. The number of carbonyl (C=O) groups is 1. The normalized spacial score (nSPS) is 10.6. The van der Waals surface area contributed by atoms with Crippen molar-refractivity contribution in [2.75, 3.05) is 11.1 Å². The van der Waals surface area contributed by atoms with Crippen LogP contribution in [0.3, 0.4) is 0 Å². The molecule has 3 N–H and O–H groups in total. The number of nitrogens with two attached hydrogens (primary N) is 1. The number of carbonyl (C=O) groups excluding carboxylic acids is 1. The zero-order valence-corrected chi connectivity index (χ0v) is 13.5. The second-order valence-electron chi connectivity index (χ2n) is 5.57. The van der Waals surface area contributed by atoms with Crippen molar-refractivity contribution in [1.82, 2.24) is 19.4 Å². The van der Waals surface area contributed by atoms with Crippen LogP contribution < -0.4 is 11.1 Å². The third-order valence-electron chi connectivity index (χ3n) is 3.87. The topological polar surface area (TPSA) is 114 Å². The van der Waals surface area contributed by atoms with E-state index in [-0.39, 0.29) is 11.7 Å². The van der Waals surface area contributed by atoms with Gasteiger partial charge in [-0.05, 0) is 30.3 Å². The molecule has 0 fully saturated rings. The first kappa shape index (κ1) is 15.4. The molecule has 126 valence electrons. The molecule has 8 nitrogen and oxygen atoms in total. The van der Waals surface area contributed by atoms with Gasteiger partial charge in [0, 0.05) is 0 Å². The van der Waals surface area contributed by atoms with Gasteiger partial charge >= 0.3 is 0 Å². The number of hydrogen-bond acceptors (Lipinski definition) is 5. The molecule has 0 aliphatic rings. The highest BCUT2D eigenvalue weighted by atomic mass is 16.2. The summed E-state index contributed by atoms with van der Waals surface area (Å²) in [5.74, 6) is -0.163. The van der Waals surface area contributed by atoms with Crippen molar-refractivity contribution in [3.8, 4) is 11.8 Å². The van der Waals surface area contributed by atoms with Crippen LogP contribution in [0.1, 0.15) is 16.1 Å². The molecule has 4 aromatic rings. The van der Waals surface area contributed by atoms with Crippen molar-refractivity contribution in [3.05, 3.63) is 72.2 Å². The highest BCUT2D eigenvalue weighted by Gasteiger charge is 2.16. The van der Waals surface area contributed by atoms with Crippen molar-refractivity contribution >= 4 is 22.9 Å². The monoisotopic (exact) mass is 343 g/mol. The summed E-state index contributed by atoms with van der Waals surface area (Å²) in [5, 5.41) is 20.0. The Kier molecular flexibility index (Phi) is 3.60. The number of fused-ring (bicyclic) bond motifs is 1. The molecule has 3 heterocycles. The maximum atomic E-state index is 12.6. The van der Waals surface area contributed by atoms with Gasteiger partial charge in [0.1, 0.15) is 17.5 Å². The molecule has 1 amide bonds. The summed E-state index contributed by atoms with van der Waals surface area (Å²) in [7, 11) is 0. The largest absolute Gasteiger partial charge is 0.380 e. The van der Waals surface area contributed by atoms with Crippen LogP contribution in [-0.4, -0.2) is 25.3 Å². The van der Waals surface area contributed by atoms with E-state index in [9.17, 15) is 4.79 Å². The molecule has 0 aliphatic carbocycles. The van der Waals surface area contributed by atoms with Gasteiger partial charge in [0.15, 0.2) is 5.82 Å². The zero-order valence-electron chi connectivity index (χ0n) is 13.5. The Hall–Kier alpha value is -4.12. The van der Waals surface area contributed by atoms with Crippen LogP contribution in [0, 0.1) is 11.3 Å². The number of benzene rings is 1. The number of amides is 1. The molecular weight excluding hydrogens is 330 g/mol. The van der Waals surface area contributed by atoms with Gasteiger partial charge in [-0.1, -0.05) is 18.2 Å². The van der Waals surface area contributed by atoms with Crippen molar-refractivity contribution in [1.29, 1.82) is 5.26 Å². The van der Waals surface area contributed by atoms with Crippen LogP contribution in [0.25, 0.3) is 11.2 Å². The molecule has 0 radical (unpaired) electrons. The molecule has 1 aromatic carbocycles. The van der Waals surface area contributed by atoms with Crippen molar-refractivity contribution in [3.63, 3.8) is 0 Å². The molecule has 0 bridgehead atoms. The lowest BCUT2D eigenvalue weighted by atomic mass is 10.3. The van der Waals surface area contributed by atoms with Gasteiger partial charge in [-0.2, -0.15) is 10.4 Å². The van der Waals surface area contributed by atoms with Gasteiger partial charge < -0.3 is 11.1 Å². The number of para-hydroxylation sites is 1. The second kappa shape index (κ2) is 6.07. The Morgan fingerprint density at radius 2 is 2.00 bits per heavy atom. The average molecular weight is 343 g/mol. The lowest BCUT2D eigenvalue weighted by Crippen LogP contribution is -2.15. The van der Waals surface area contributed by atoms with Crippen molar-refractivity contribution < 1.29 is 4.79 Å². The highest BCUT2D eigenvalue weighted by Crippen LogP contribution is 2.20. The minimum Gasteiger partial charge on any atom is -0.380 e. The van der Waals surface area contributed by atoms with Crippen LogP contribution >= 0.6 is 0 Å². The quantitative estimate of drug-likeness (QED) is 0.592. The fraction of sp³-hybridized carbons (Fsp3) is 0. The minimum atomic E-state index is -0.374. The molecule has 0 saturated heterocycles. The number of hydrogen-bond donors (Lipinski definition) is 2. The number of nitrogens with zero attached hydrogens (tertiary/aromatic N) is 5. The summed E-state index contributed by atoms with van der Waals surface area (Å²) >= 11 is 0. The summed E-state index contributed by atoms with van der Waals surface area (Å²) < 4.78 is 3.06. The number of nitrogen functional groups attached to an aromatic ring is 1. The third-order valence-corrected chi connectivity index (χ3v) is 3.87. The predicted octanol–water partition coefficient (Wildman–Crippen LogP) is 2.23. The van der Waals surface area contributed by atoms with Gasteiger partial charge in [0.05, 0.1) is 29.2 Å². The van der Waals surface area contributed by atoms with E-state index in [0.717, 1.165) is 5.69 Å². The van der Waals surface area contributed by atoms with E-state index in [2.05, 4.69) is 15.5 Å². The number of aromatic nitrogens is 4. The Morgan fingerprint density at radius 1 is 1.19 bits per heavy atom. The third kappa shape index (κ3) is 2.63. The van der Waals surface area contributed by atoms with E-state index < -0.39 is 0 Å². The number of nitrogens with one attached hydrogen (secondary N) is 1. The standard InChI is InChI=1S/C18H13N7O/c19-9-12-8-14-6-7-16(25(14)21-10-12)18(26)22-15-11-24(23-17(15)20)13-4-2-1-3-5-13/h1-8,10-11H,(H2,20,23)(H,22,26).